The molecule has 2 aromatic rings. The van der Waals surface area contributed by atoms with Crippen molar-refractivity contribution in [1.82, 2.24) is 10.6 Å². The summed E-state index contributed by atoms with van der Waals surface area (Å²) in [4.78, 5) is 26.9. The summed E-state index contributed by atoms with van der Waals surface area (Å²) in [5.41, 5.74) is 4.81. The molecule has 6 heteroatoms. The minimum Gasteiger partial charge on any atom is -0.477 e. The maximum Gasteiger partial charge on any atom is 0.262 e. The zero-order valence-electron chi connectivity index (χ0n) is 17.6. The minimum absolute atomic E-state index is 0.0734. The van der Waals surface area contributed by atoms with Crippen molar-refractivity contribution in [2.45, 2.75) is 44.8 Å². The Balaban J connectivity index is 1.44. The highest BCUT2D eigenvalue weighted by Gasteiger charge is 2.31. The molecule has 6 nitrogen and oxygen atoms in total. The molecule has 1 heterocycles. The molecule has 2 amide bonds. The van der Waals surface area contributed by atoms with E-state index in [-0.39, 0.29) is 24.4 Å². The van der Waals surface area contributed by atoms with E-state index in [1.807, 2.05) is 36.1 Å². The number of hydrogen-bond acceptors (Lipinski definition) is 4. The van der Waals surface area contributed by atoms with Crippen molar-refractivity contribution in [1.29, 1.82) is 0 Å². The Labute approximate surface area is 177 Å². The van der Waals surface area contributed by atoms with Crippen LogP contribution in [0.3, 0.4) is 0 Å². The van der Waals surface area contributed by atoms with Gasteiger partial charge in [0.2, 0.25) is 5.91 Å². The van der Waals surface area contributed by atoms with Gasteiger partial charge in [-0.05, 0) is 61.4 Å². The third-order valence-electron chi connectivity index (χ3n) is 5.98. The number of amides is 2. The predicted molar refractivity (Wildman–Crippen MR) is 117 cm³/mol. The van der Waals surface area contributed by atoms with Crippen LogP contribution in [-0.2, 0) is 22.4 Å². The Morgan fingerprint density at radius 1 is 1.13 bits per heavy atom. The van der Waals surface area contributed by atoms with Gasteiger partial charge in [0.05, 0.1) is 24.8 Å². The Hall–Kier alpha value is -3.02. The fourth-order valence-corrected chi connectivity index (χ4v) is 4.32. The molecule has 4 rings (SSSR count). The molecule has 2 atom stereocenters. The highest BCUT2D eigenvalue weighted by Crippen LogP contribution is 2.33. The SMILES string of the molecule is CNC(=O)[C@H]1CN(CC(=O)N[C@@H](C)c2ccc3c(c2)CCCC3)c2ccccc2O1. The van der Waals surface area contributed by atoms with Crippen LogP contribution in [0.1, 0.15) is 42.5 Å². The summed E-state index contributed by atoms with van der Waals surface area (Å²) in [6.07, 6.45) is 4.13. The van der Waals surface area contributed by atoms with Gasteiger partial charge in [0.25, 0.3) is 5.91 Å². The van der Waals surface area contributed by atoms with E-state index in [9.17, 15) is 9.59 Å². The van der Waals surface area contributed by atoms with E-state index in [1.54, 1.807) is 7.05 Å². The van der Waals surface area contributed by atoms with Gasteiger partial charge in [0.1, 0.15) is 5.75 Å². The molecule has 0 unspecified atom stereocenters. The number of fused-ring (bicyclic) bond motifs is 2. The van der Waals surface area contributed by atoms with Crippen molar-refractivity contribution in [3.63, 3.8) is 0 Å². The van der Waals surface area contributed by atoms with Crippen LogP contribution in [0.5, 0.6) is 5.75 Å². The van der Waals surface area contributed by atoms with Crippen molar-refractivity contribution in [3.05, 3.63) is 59.2 Å². The second-order valence-corrected chi connectivity index (χ2v) is 8.09. The largest absolute Gasteiger partial charge is 0.477 e. The summed E-state index contributed by atoms with van der Waals surface area (Å²) in [6, 6.07) is 14.0. The van der Waals surface area contributed by atoms with E-state index in [4.69, 9.17) is 4.74 Å². The second kappa shape index (κ2) is 8.78. The number of benzene rings is 2. The van der Waals surface area contributed by atoms with Crippen LogP contribution in [0.15, 0.2) is 42.5 Å². The minimum atomic E-state index is -0.643. The number of carbonyl (C=O) groups is 2. The Morgan fingerprint density at radius 3 is 2.70 bits per heavy atom. The van der Waals surface area contributed by atoms with Gasteiger partial charge in [0, 0.05) is 7.05 Å². The molecule has 0 bridgehead atoms. The van der Waals surface area contributed by atoms with E-state index in [1.165, 1.54) is 24.0 Å². The van der Waals surface area contributed by atoms with Crippen LogP contribution < -0.4 is 20.3 Å². The first-order valence-corrected chi connectivity index (χ1v) is 10.7. The number of hydrogen-bond donors (Lipinski definition) is 2. The Bertz CT molecular complexity index is 943. The van der Waals surface area contributed by atoms with Gasteiger partial charge in [0.15, 0.2) is 6.10 Å². The molecule has 0 saturated carbocycles. The average Bonchev–Trinajstić information content (AvgIpc) is 2.78. The van der Waals surface area contributed by atoms with Crippen LogP contribution in [0.2, 0.25) is 0 Å². The molecule has 0 fully saturated rings. The van der Waals surface area contributed by atoms with E-state index < -0.39 is 6.10 Å². The van der Waals surface area contributed by atoms with Gasteiger partial charge >= 0.3 is 0 Å². The highest BCUT2D eigenvalue weighted by molar-refractivity contribution is 5.86. The number of carbonyl (C=O) groups excluding carboxylic acids is 2. The van der Waals surface area contributed by atoms with E-state index in [0.717, 1.165) is 24.1 Å². The number of nitrogens with one attached hydrogen (secondary N) is 2. The number of para-hydroxylation sites is 2. The lowest BCUT2D eigenvalue weighted by molar-refractivity contribution is -0.127. The summed E-state index contributed by atoms with van der Waals surface area (Å²) in [5.74, 6) is 0.345. The lowest BCUT2D eigenvalue weighted by Gasteiger charge is -2.35. The summed E-state index contributed by atoms with van der Waals surface area (Å²) in [5, 5.41) is 5.74. The zero-order chi connectivity index (χ0) is 21.1. The van der Waals surface area contributed by atoms with Gasteiger partial charge in [-0.3, -0.25) is 9.59 Å². The Kier molecular flexibility index (Phi) is 5.93. The molecule has 1 aliphatic heterocycles. The van der Waals surface area contributed by atoms with Crippen molar-refractivity contribution in [3.8, 4) is 5.75 Å². The molecular weight excluding hydrogens is 378 g/mol. The summed E-state index contributed by atoms with van der Waals surface area (Å²) in [6.45, 7) is 2.52. The zero-order valence-corrected chi connectivity index (χ0v) is 17.6. The topological polar surface area (TPSA) is 70.7 Å². The maximum atomic E-state index is 12.8. The molecule has 2 aliphatic rings. The molecule has 158 valence electrons. The van der Waals surface area contributed by atoms with Gasteiger partial charge < -0.3 is 20.3 Å². The summed E-state index contributed by atoms with van der Waals surface area (Å²) in [7, 11) is 1.59. The first-order valence-electron chi connectivity index (χ1n) is 10.7. The monoisotopic (exact) mass is 407 g/mol. The molecule has 0 radical (unpaired) electrons. The molecular formula is C24H29N3O3. The summed E-state index contributed by atoms with van der Waals surface area (Å²) < 4.78 is 5.81. The van der Waals surface area contributed by atoms with Gasteiger partial charge in [-0.1, -0.05) is 30.3 Å². The normalized spacial score (nSPS) is 18.5. The third-order valence-corrected chi connectivity index (χ3v) is 5.98. The number of anilines is 1. The van der Waals surface area contributed by atoms with E-state index in [0.29, 0.717) is 12.3 Å². The molecule has 0 saturated heterocycles. The smallest absolute Gasteiger partial charge is 0.262 e. The molecule has 2 N–H and O–H groups in total. The average molecular weight is 408 g/mol. The fourth-order valence-electron chi connectivity index (χ4n) is 4.32. The number of rotatable bonds is 5. The van der Waals surface area contributed by atoms with E-state index >= 15 is 0 Å². The predicted octanol–water partition coefficient (Wildman–Crippen LogP) is 2.76. The standard InChI is InChI=1S/C24H29N3O3/c1-16(18-12-11-17-7-3-4-8-19(17)13-18)26-23(28)15-27-14-22(24(29)25-2)30-21-10-6-5-9-20(21)27/h5-6,9-13,16,22H,3-4,7-8,14-15H2,1-2H3,(H,25,29)(H,26,28)/t16-,22+/m0/s1. The Morgan fingerprint density at radius 2 is 1.90 bits per heavy atom. The summed E-state index contributed by atoms with van der Waals surface area (Å²) >= 11 is 0. The quantitative estimate of drug-likeness (QED) is 0.800. The highest BCUT2D eigenvalue weighted by atomic mass is 16.5. The number of ether oxygens (including phenoxy) is 1. The first-order chi connectivity index (χ1) is 14.5. The van der Waals surface area contributed by atoms with Crippen LogP contribution in [-0.4, -0.2) is 38.1 Å². The van der Waals surface area contributed by atoms with Crippen molar-refractivity contribution in [2.75, 3.05) is 25.0 Å². The lowest BCUT2D eigenvalue weighted by atomic mass is 9.89. The number of aryl methyl sites for hydroxylation is 2. The van der Waals surface area contributed by atoms with Crippen molar-refractivity contribution >= 4 is 17.5 Å². The third kappa shape index (κ3) is 4.27. The van der Waals surface area contributed by atoms with Crippen molar-refractivity contribution < 1.29 is 14.3 Å². The second-order valence-electron chi connectivity index (χ2n) is 8.09. The van der Waals surface area contributed by atoms with Crippen LogP contribution in [0.4, 0.5) is 5.69 Å². The fraction of sp³-hybridized carbons (Fsp3) is 0.417. The molecule has 0 aromatic heterocycles. The van der Waals surface area contributed by atoms with Crippen molar-refractivity contribution in [2.24, 2.45) is 0 Å². The first kappa shape index (κ1) is 20.3. The van der Waals surface area contributed by atoms with E-state index in [2.05, 4.69) is 28.8 Å². The molecule has 30 heavy (non-hydrogen) atoms. The lowest BCUT2D eigenvalue weighted by Crippen LogP contribution is -2.50. The van der Waals surface area contributed by atoms with Gasteiger partial charge in [-0.15, -0.1) is 0 Å². The molecule has 1 aliphatic carbocycles. The van der Waals surface area contributed by atoms with Crippen LogP contribution in [0.25, 0.3) is 0 Å². The number of likely N-dealkylation sites (N-methyl/N-ethyl adjacent to an activating group) is 1. The van der Waals surface area contributed by atoms with Gasteiger partial charge in [-0.2, -0.15) is 0 Å². The molecule has 0 spiro atoms. The van der Waals surface area contributed by atoms with Gasteiger partial charge in [-0.25, -0.2) is 0 Å². The number of nitrogens with zero attached hydrogens (tertiary/aromatic N) is 1. The molecule has 2 aromatic carbocycles. The maximum absolute atomic E-state index is 12.8. The van der Waals surface area contributed by atoms with Crippen LogP contribution >= 0.6 is 0 Å². The van der Waals surface area contributed by atoms with Crippen LogP contribution in [0, 0.1) is 0 Å².